The number of rotatable bonds is 10. The minimum Gasteiger partial charge on any atom is -0.444 e. The molecule has 0 radical (unpaired) electrons. The van der Waals surface area contributed by atoms with Crippen molar-refractivity contribution >= 4 is 18.0 Å². The number of amidine groups is 1. The second-order valence-electron chi connectivity index (χ2n) is 19.5. The van der Waals surface area contributed by atoms with Gasteiger partial charge in [0, 0.05) is 68.2 Å². The van der Waals surface area contributed by atoms with Gasteiger partial charge in [0.05, 0.1) is 23.5 Å². The summed E-state index contributed by atoms with van der Waals surface area (Å²) < 4.78 is 19.9. The van der Waals surface area contributed by atoms with Gasteiger partial charge in [0.2, 0.25) is 5.89 Å². The number of carbonyl (C=O) groups excluding carboxylic acids is 2. The number of benzene rings is 2. The Morgan fingerprint density at radius 1 is 0.710 bits per heavy atom. The summed E-state index contributed by atoms with van der Waals surface area (Å²) in [5.74, 6) is 2.80. The fourth-order valence-corrected chi connectivity index (χ4v) is 6.56. The van der Waals surface area contributed by atoms with Gasteiger partial charge >= 0.3 is 12.2 Å². The molecule has 336 valence electrons. The number of hydrogen-bond acceptors (Lipinski definition) is 11. The topological polar surface area (TPSA) is 210 Å². The predicted octanol–water partition coefficient (Wildman–Crippen LogP) is 8.45. The highest BCUT2D eigenvalue weighted by atomic mass is 16.6. The highest BCUT2D eigenvalue weighted by molar-refractivity contribution is 5.88. The molecule has 5 aromatic rings. The van der Waals surface area contributed by atoms with Crippen molar-refractivity contribution in [3.63, 3.8) is 0 Å². The first kappa shape index (κ1) is 48.5. The summed E-state index contributed by atoms with van der Waals surface area (Å²) in [7, 11) is 4.01. The molecule has 2 aromatic carbocycles. The molecule has 0 bridgehead atoms. The van der Waals surface area contributed by atoms with Gasteiger partial charge in [-0.15, -0.1) is 0 Å². The first-order chi connectivity index (χ1) is 28.6. The Labute approximate surface area is 365 Å². The first-order valence-electron chi connectivity index (χ1n) is 20.6. The Bertz CT molecular complexity index is 2300. The third-order valence-electron chi connectivity index (χ3n) is 9.18. The quantitative estimate of drug-likeness (QED) is 0.0453. The lowest BCUT2D eigenvalue weighted by Crippen LogP contribution is -2.47. The molecule has 0 aliphatic rings. The van der Waals surface area contributed by atoms with Crippen LogP contribution in [0.2, 0.25) is 0 Å². The molecule has 16 nitrogen and oxygen atoms in total. The van der Waals surface area contributed by atoms with E-state index >= 15 is 0 Å². The Morgan fingerprint density at radius 3 is 1.48 bits per heavy atom. The minimum absolute atomic E-state index is 0.0315. The Balaban J connectivity index is 0.000000273. The van der Waals surface area contributed by atoms with Crippen LogP contribution in [0.15, 0.2) is 70.6 Å². The van der Waals surface area contributed by atoms with E-state index in [1.54, 1.807) is 27.7 Å². The van der Waals surface area contributed by atoms with Crippen LogP contribution >= 0.6 is 0 Å². The van der Waals surface area contributed by atoms with E-state index in [4.69, 9.17) is 34.9 Å². The largest absolute Gasteiger partial charge is 0.444 e. The molecule has 2 amide bonds. The predicted molar refractivity (Wildman–Crippen MR) is 240 cm³/mol. The molecule has 0 saturated heterocycles. The molecule has 3 heterocycles. The normalized spacial score (nSPS) is 13.4. The van der Waals surface area contributed by atoms with E-state index in [9.17, 15) is 9.59 Å². The second kappa shape index (κ2) is 19.2. The fraction of sp³-hybridized carbons (Fsp3) is 0.500. The molecule has 62 heavy (non-hydrogen) atoms. The molecular weight excluding hydrogens is 789 g/mol. The van der Waals surface area contributed by atoms with Crippen molar-refractivity contribution in [1.29, 1.82) is 0 Å². The van der Waals surface area contributed by atoms with Crippen molar-refractivity contribution in [2.24, 2.45) is 25.0 Å². The first-order valence-corrected chi connectivity index (χ1v) is 20.6. The highest BCUT2D eigenvalue weighted by Crippen LogP contribution is 2.28. The second-order valence-corrected chi connectivity index (χ2v) is 19.5. The molecule has 0 aliphatic carbocycles. The summed E-state index contributed by atoms with van der Waals surface area (Å²) in [5.41, 5.74) is 10.2. The number of nitrogens with zero attached hydrogens (tertiary/aromatic N) is 7. The van der Waals surface area contributed by atoms with Gasteiger partial charge in [-0.1, -0.05) is 100 Å². The number of amides is 2. The summed E-state index contributed by atoms with van der Waals surface area (Å²) in [6, 6.07) is 14.8. The average Bonchev–Trinajstić information content (AvgIpc) is 3.88. The van der Waals surface area contributed by atoms with Crippen molar-refractivity contribution < 1.29 is 28.8 Å². The van der Waals surface area contributed by atoms with E-state index in [0.29, 0.717) is 24.6 Å². The number of imidazole rings is 2. The summed E-state index contributed by atoms with van der Waals surface area (Å²) in [5, 5.41) is 21.6. The third-order valence-corrected chi connectivity index (χ3v) is 9.18. The fourth-order valence-electron chi connectivity index (χ4n) is 6.56. The molecule has 2 atom stereocenters. The van der Waals surface area contributed by atoms with Gasteiger partial charge in [-0.25, -0.2) is 19.6 Å². The van der Waals surface area contributed by atoms with Gasteiger partial charge < -0.3 is 44.7 Å². The van der Waals surface area contributed by atoms with E-state index in [2.05, 4.69) is 72.0 Å². The van der Waals surface area contributed by atoms with Gasteiger partial charge in [0.1, 0.15) is 22.9 Å². The van der Waals surface area contributed by atoms with Crippen LogP contribution < -0.4 is 16.4 Å². The SMILES string of the molecule is Cc1nc([C@H](Cc2ccc(-c3cn(C)c(C(C)(C)C)n3)cc2)NC(=O)OC(C)(C)C)no1.Cn1cc(-c2ccc(C[C@H](NC(=O)OC(C)(C)C)C(N)=NO)cc2)nc1C(C)(C)C. The highest BCUT2D eigenvalue weighted by Gasteiger charge is 2.26. The van der Waals surface area contributed by atoms with E-state index in [1.807, 2.05) is 100 Å². The van der Waals surface area contributed by atoms with Gasteiger partial charge in [-0.3, -0.25) is 0 Å². The number of aryl methyl sites for hydroxylation is 3. The summed E-state index contributed by atoms with van der Waals surface area (Å²) in [4.78, 5) is 38.4. The third kappa shape index (κ3) is 14.2. The molecule has 0 spiro atoms. The molecule has 16 heteroatoms. The maximum atomic E-state index is 12.4. The average molecular weight is 855 g/mol. The number of aromatic nitrogens is 6. The summed E-state index contributed by atoms with van der Waals surface area (Å²) in [6.45, 7) is 25.3. The van der Waals surface area contributed by atoms with Crippen molar-refractivity contribution in [3.8, 4) is 22.5 Å². The smallest absolute Gasteiger partial charge is 0.408 e. The lowest BCUT2D eigenvalue weighted by atomic mass is 9.96. The van der Waals surface area contributed by atoms with Gasteiger partial charge in [-0.05, 0) is 52.7 Å². The zero-order chi connectivity index (χ0) is 46.4. The van der Waals surface area contributed by atoms with Gasteiger partial charge in [0.15, 0.2) is 11.7 Å². The molecule has 5 N–H and O–H groups in total. The Morgan fingerprint density at radius 2 is 1.13 bits per heavy atom. The number of alkyl carbamates (subject to hydrolysis) is 2. The van der Waals surface area contributed by atoms with E-state index in [-0.39, 0.29) is 16.7 Å². The minimum atomic E-state index is -0.696. The number of nitrogens with one attached hydrogen (secondary N) is 2. The van der Waals surface area contributed by atoms with Crippen LogP contribution in [-0.2, 0) is 47.2 Å². The van der Waals surface area contributed by atoms with Crippen LogP contribution in [0, 0.1) is 6.92 Å². The van der Waals surface area contributed by atoms with E-state index in [0.717, 1.165) is 45.3 Å². The lowest BCUT2D eigenvalue weighted by molar-refractivity contribution is 0.0494. The number of hydrogen-bond donors (Lipinski definition) is 4. The van der Waals surface area contributed by atoms with Crippen LogP contribution in [0.4, 0.5) is 9.59 Å². The summed E-state index contributed by atoms with van der Waals surface area (Å²) in [6.07, 6.45) is 3.76. The van der Waals surface area contributed by atoms with E-state index in [1.165, 1.54) is 0 Å². The molecular formula is C46H66N10O6. The molecule has 3 aromatic heterocycles. The van der Waals surface area contributed by atoms with Crippen LogP contribution in [0.1, 0.15) is 124 Å². The number of nitrogens with two attached hydrogens (primary N) is 1. The monoisotopic (exact) mass is 855 g/mol. The van der Waals surface area contributed by atoms with Gasteiger partial charge in [0.25, 0.3) is 0 Å². The van der Waals surface area contributed by atoms with Crippen molar-refractivity contribution in [3.05, 3.63) is 95.4 Å². The van der Waals surface area contributed by atoms with Crippen LogP contribution in [0.3, 0.4) is 0 Å². The van der Waals surface area contributed by atoms with Crippen molar-refractivity contribution in [2.75, 3.05) is 0 Å². The molecule has 0 saturated carbocycles. The maximum Gasteiger partial charge on any atom is 0.408 e. The Hall–Kier alpha value is -6.19. The number of oxime groups is 1. The lowest BCUT2D eigenvalue weighted by Gasteiger charge is -2.23. The van der Waals surface area contributed by atoms with Crippen molar-refractivity contribution in [2.45, 2.75) is 137 Å². The van der Waals surface area contributed by atoms with Crippen molar-refractivity contribution in [1.82, 2.24) is 39.9 Å². The standard InChI is InChI=1S/C24H33N5O3.C22H33N5O3/c1-15-25-20(28-32-15)18(27-22(30)31-24(5,6)7)13-16-9-11-17(12-10-16)19-14-29(8)21(26-19)23(2,3)4;1-21(2,3)19-24-17(13-27(19)7)15-10-8-14(9-11-15)12-16(18(23)26-29)25-20(28)30-22(4,5)6/h9-12,14,18H,13H2,1-8H3,(H,27,30);8-11,13,16,29H,12H2,1-7H3,(H2,23,26)(H,25,28)/t18-;16-/m00/s1. The van der Waals surface area contributed by atoms with Crippen LogP contribution in [-0.4, -0.2) is 69.7 Å². The molecule has 0 aliphatic heterocycles. The van der Waals surface area contributed by atoms with Gasteiger partial charge in [-0.2, -0.15) is 4.98 Å². The van der Waals surface area contributed by atoms with Crippen LogP contribution in [0.5, 0.6) is 0 Å². The van der Waals surface area contributed by atoms with Crippen LogP contribution in [0.25, 0.3) is 22.5 Å². The molecule has 5 rings (SSSR count). The molecule has 0 unspecified atom stereocenters. The summed E-state index contributed by atoms with van der Waals surface area (Å²) >= 11 is 0. The van der Waals surface area contributed by atoms with E-state index < -0.39 is 35.5 Å². The molecule has 0 fully saturated rings. The zero-order valence-electron chi connectivity index (χ0n) is 39.0. The number of ether oxygens (including phenoxy) is 2. The maximum absolute atomic E-state index is 12.4. The Kier molecular flexibility index (Phi) is 15.0. The zero-order valence-corrected chi connectivity index (χ0v) is 39.0. The number of carbonyl (C=O) groups is 2.